The van der Waals surface area contributed by atoms with Crippen LogP contribution in [0.5, 0.6) is 5.75 Å². The fourth-order valence-electron chi connectivity index (χ4n) is 3.39. The number of anilines is 1. The van der Waals surface area contributed by atoms with Gasteiger partial charge in [-0.25, -0.2) is 9.18 Å². The van der Waals surface area contributed by atoms with Gasteiger partial charge in [0.1, 0.15) is 18.2 Å². The number of fused-ring (bicyclic) bond motifs is 1. The summed E-state index contributed by atoms with van der Waals surface area (Å²) in [5.41, 5.74) is 1.80. The summed E-state index contributed by atoms with van der Waals surface area (Å²) in [5.74, 6) is 0.384. The number of urea groups is 1. The number of carbonyl (C=O) groups excluding carboxylic acids is 1. The summed E-state index contributed by atoms with van der Waals surface area (Å²) in [6.45, 7) is 2.25. The van der Waals surface area contributed by atoms with Gasteiger partial charge in [-0.15, -0.1) is 0 Å². The van der Waals surface area contributed by atoms with Crippen LogP contribution in [-0.2, 0) is 0 Å². The van der Waals surface area contributed by atoms with E-state index in [0.29, 0.717) is 43.6 Å². The van der Waals surface area contributed by atoms with Gasteiger partial charge < -0.3 is 9.64 Å². The molecule has 1 atom stereocenters. The van der Waals surface area contributed by atoms with Crippen LogP contribution in [-0.4, -0.2) is 42.2 Å². The van der Waals surface area contributed by atoms with E-state index in [9.17, 15) is 9.18 Å². The number of carbonyl (C=O) groups is 1. The SMILES string of the molecule is O=C(N1CCC(c2cccnc2)C1)N1CCOc2cc(F)ccc21. The van der Waals surface area contributed by atoms with E-state index in [-0.39, 0.29) is 11.8 Å². The van der Waals surface area contributed by atoms with Gasteiger partial charge in [-0.2, -0.15) is 0 Å². The van der Waals surface area contributed by atoms with E-state index in [1.807, 2.05) is 17.2 Å². The molecule has 2 amide bonds. The van der Waals surface area contributed by atoms with Crippen molar-refractivity contribution in [2.24, 2.45) is 0 Å². The Kier molecular flexibility index (Phi) is 3.80. The van der Waals surface area contributed by atoms with Gasteiger partial charge in [0.15, 0.2) is 0 Å². The van der Waals surface area contributed by atoms with Crippen LogP contribution in [0.1, 0.15) is 17.9 Å². The maximum atomic E-state index is 13.4. The average Bonchev–Trinajstić information content (AvgIpc) is 3.11. The van der Waals surface area contributed by atoms with Gasteiger partial charge in [0, 0.05) is 37.5 Å². The Labute approximate surface area is 139 Å². The summed E-state index contributed by atoms with van der Waals surface area (Å²) in [6, 6.07) is 8.23. The van der Waals surface area contributed by atoms with Crippen molar-refractivity contribution in [1.29, 1.82) is 0 Å². The average molecular weight is 327 g/mol. The summed E-state index contributed by atoms with van der Waals surface area (Å²) in [6.07, 6.45) is 4.55. The highest BCUT2D eigenvalue weighted by Gasteiger charge is 2.33. The zero-order valence-electron chi connectivity index (χ0n) is 13.2. The molecule has 1 unspecified atom stereocenters. The number of likely N-dealkylation sites (tertiary alicyclic amines) is 1. The van der Waals surface area contributed by atoms with Gasteiger partial charge in [-0.05, 0) is 30.2 Å². The number of benzene rings is 1. The van der Waals surface area contributed by atoms with Gasteiger partial charge in [-0.1, -0.05) is 6.07 Å². The van der Waals surface area contributed by atoms with E-state index in [4.69, 9.17) is 4.74 Å². The van der Waals surface area contributed by atoms with Crippen molar-refractivity contribution in [1.82, 2.24) is 9.88 Å². The number of aromatic nitrogens is 1. The van der Waals surface area contributed by atoms with Crippen LogP contribution in [0, 0.1) is 5.82 Å². The second-order valence-electron chi connectivity index (χ2n) is 6.11. The van der Waals surface area contributed by atoms with Crippen LogP contribution in [0.25, 0.3) is 0 Å². The maximum absolute atomic E-state index is 13.4. The molecule has 1 aromatic carbocycles. The van der Waals surface area contributed by atoms with E-state index in [0.717, 1.165) is 12.0 Å². The molecule has 124 valence electrons. The first-order chi connectivity index (χ1) is 11.7. The van der Waals surface area contributed by atoms with Crippen molar-refractivity contribution >= 4 is 11.7 Å². The van der Waals surface area contributed by atoms with E-state index in [1.165, 1.54) is 12.1 Å². The molecule has 0 N–H and O–H groups in total. The Hall–Kier alpha value is -2.63. The molecule has 1 fully saturated rings. The minimum absolute atomic E-state index is 0.0439. The van der Waals surface area contributed by atoms with Crippen molar-refractivity contribution in [2.45, 2.75) is 12.3 Å². The number of halogens is 1. The van der Waals surface area contributed by atoms with E-state index >= 15 is 0 Å². The first-order valence-corrected chi connectivity index (χ1v) is 8.11. The van der Waals surface area contributed by atoms with E-state index < -0.39 is 0 Å². The highest BCUT2D eigenvalue weighted by molar-refractivity contribution is 5.94. The zero-order chi connectivity index (χ0) is 16.5. The predicted molar refractivity (Wildman–Crippen MR) is 87.8 cm³/mol. The largest absolute Gasteiger partial charge is 0.489 e. The van der Waals surface area contributed by atoms with Crippen molar-refractivity contribution < 1.29 is 13.9 Å². The molecule has 2 aliphatic rings. The number of hydrogen-bond acceptors (Lipinski definition) is 3. The lowest BCUT2D eigenvalue weighted by molar-refractivity contribution is 0.209. The third-order valence-electron chi connectivity index (χ3n) is 4.63. The lowest BCUT2D eigenvalue weighted by Crippen LogP contribution is -2.45. The van der Waals surface area contributed by atoms with Gasteiger partial charge >= 0.3 is 6.03 Å². The fraction of sp³-hybridized carbons (Fsp3) is 0.333. The quantitative estimate of drug-likeness (QED) is 0.809. The standard InChI is InChI=1S/C18H18FN3O2/c19-15-3-4-16-17(10-15)24-9-8-22(16)18(23)21-7-5-14(12-21)13-2-1-6-20-11-13/h1-4,6,10-11,14H,5,7-9,12H2. The smallest absolute Gasteiger partial charge is 0.324 e. The molecule has 4 rings (SSSR count). The number of ether oxygens (including phenoxy) is 1. The Morgan fingerprint density at radius 2 is 2.21 bits per heavy atom. The highest BCUT2D eigenvalue weighted by Crippen LogP contribution is 2.34. The van der Waals surface area contributed by atoms with E-state index in [1.54, 1.807) is 17.2 Å². The van der Waals surface area contributed by atoms with Crippen LogP contribution in [0.15, 0.2) is 42.7 Å². The molecule has 0 aliphatic carbocycles. The minimum atomic E-state index is -0.360. The van der Waals surface area contributed by atoms with Crippen molar-refractivity contribution in [3.8, 4) is 5.75 Å². The molecule has 1 saturated heterocycles. The van der Waals surface area contributed by atoms with Crippen LogP contribution < -0.4 is 9.64 Å². The normalized spacial score (nSPS) is 19.8. The predicted octanol–water partition coefficient (Wildman–Crippen LogP) is 3.03. The molecule has 2 aromatic rings. The van der Waals surface area contributed by atoms with Crippen molar-refractivity contribution in [3.05, 3.63) is 54.1 Å². The number of pyridine rings is 1. The molecule has 5 nitrogen and oxygen atoms in total. The lowest BCUT2D eigenvalue weighted by Gasteiger charge is -2.32. The first kappa shape index (κ1) is 14.9. The molecule has 0 radical (unpaired) electrons. The van der Waals surface area contributed by atoms with E-state index in [2.05, 4.69) is 11.1 Å². The molecule has 6 heteroatoms. The summed E-state index contributed by atoms with van der Waals surface area (Å²) in [5, 5.41) is 0. The summed E-state index contributed by atoms with van der Waals surface area (Å²) in [7, 11) is 0. The minimum Gasteiger partial charge on any atom is -0.489 e. The summed E-state index contributed by atoms with van der Waals surface area (Å²) < 4.78 is 18.8. The Balaban J connectivity index is 1.52. The second-order valence-corrected chi connectivity index (χ2v) is 6.11. The molecular formula is C18H18FN3O2. The van der Waals surface area contributed by atoms with Crippen LogP contribution in [0.4, 0.5) is 14.9 Å². The molecule has 24 heavy (non-hydrogen) atoms. The third-order valence-corrected chi connectivity index (χ3v) is 4.63. The third kappa shape index (κ3) is 2.68. The number of amides is 2. The maximum Gasteiger partial charge on any atom is 0.324 e. The highest BCUT2D eigenvalue weighted by atomic mass is 19.1. The number of nitrogens with zero attached hydrogens (tertiary/aromatic N) is 3. The summed E-state index contributed by atoms with van der Waals surface area (Å²) >= 11 is 0. The zero-order valence-corrected chi connectivity index (χ0v) is 13.2. The van der Waals surface area contributed by atoms with Gasteiger partial charge in [0.25, 0.3) is 0 Å². The van der Waals surface area contributed by atoms with Crippen LogP contribution in [0.3, 0.4) is 0 Å². The topological polar surface area (TPSA) is 45.7 Å². The van der Waals surface area contributed by atoms with Crippen molar-refractivity contribution in [2.75, 3.05) is 31.1 Å². The van der Waals surface area contributed by atoms with Gasteiger partial charge in [-0.3, -0.25) is 9.88 Å². The Morgan fingerprint density at radius 1 is 1.29 bits per heavy atom. The molecule has 0 spiro atoms. The van der Waals surface area contributed by atoms with Crippen LogP contribution >= 0.6 is 0 Å². The first-order valence-electron chi connectivity index (χ1n) is 8.11. The lowest BCUT2D eigenvalue weighted by atomic mass is 10.0. The molecule has 0 saturated carbocycles. The summed E-state index contributed by atoms with van der Waals surface area (Å²) in [4.78, 5) is 20.6. The van der Waals surface area contributed by atoms with Crippen LogP contribution in [0.2, 0.25) is 0 Å². The Morgan fingerprint density at radius 3 is 3.04 bits per heavy atom. The number of hydrogen-bond donors (Lipinski definition) is 0. The second kappa shape index (κ2) is 6.11. The Bertz CT molecular complexity index is 753. The van der Waals surface area contributed by atoms with Gasteiger partial charge in [0.2, 0.25) is 0 Å². The molecular weight excluding hydrogens is 309 g/mol. The number of rotatable bonds is 1. The molecule has 2 aliphatic heterocycles. The molecule has 3 heterocycles. The molecule has 1 aromatic heterocycles. The van der Waals surface area contributed by atoms with Gasteiger partial charge in [0.05, 0.1) is 12.2 Å². The molecule has 0 bridgehead atoms. The van der Waals surface area contributed by atoms with Crippen molar-refractivity contribution in [3.63, 3.8) is 0 Å². The fourth-order valence-corrected chi connectivity index (χ4v) is 3.39. The monoisotopic (exact) mass is 327 g/mol.